The SMILES string of the molecule is Cc1ccc(NN2C(=O)C3CC4C(=CCC5C(=O)N(c6cc([N+](=O)[O-])c(N(C)C)c([N+](=O)[O-])c6)C(=O)C54)C(c4ccc(OCCO)cc4)C3(c3ccccc3)C2=O)cc1. The van der Waals surface area contributed by atoms with E-state index in [9.17, 15) is 39.7 Å². The van der Waals surface area contributed by atoms with Gasteiger partial charge in [-0.3, -0.25) is 44.8 Å². The van der Waals surface area contributed by atoms with Crippen LogP contribution in [0.2, 0.25) is 0 Å². The third kappa shape index (κ3) is 6.09. The fourth-order valence-corrected chi connectivity index (χ4v) is 9.75. The summed E-state index contributed by atoms with van der Waals surface area (Å²) in [5, 5.41) is 34.9. The van der Waals surface area contributed by atoms with Crippen molar-refractivity contribution in [3.8, 4) is 5.75 Å². The summed E-state index contributed by atoms with van der Waals surface area (Å²) in [4.78, 5) is 84.4. The molecule has 6 unspecified atom stereocenters. The van der Waals surface area contributed by atoms with Gasteiger partial charge in [-0.25, -0.2) is 4.90 Å². The molecule has 59 heavy (non-hydrogen) atoms. The molecule has 2 aliphatic carbocycles. The number of aliphatic hydroxyl groups is 1. The van der Waals surface area contributed by atoms with Gasteiger partial charge in [-0.05, 0) is 61.1 Å². The number of ether oxygens (including phenoxy) is 1. The molecule has 2 N–H and O–H groups in total. The first kappa shape index (κ1) is 38.9. The molecule has 16 nitrogen and oxygen atoms in total. The average Bonchev–Trinajstić information content (AvgIpc) is 3.61. The third-order valence-corrected chi connectivity index (χ3v) is 12.1. The van der Waals surface area contributed by atoms with Crippen molar-refractivity contribution in [2.24, 2.45) is 23.7 Å². The summed E-state index contributed by atoms with van der Waals surface area (Å²) in [6, 6.07) is 25.3. The first-order chi connectivity index (χ1) is 28.3. The van der Waals surface area contributed by atoms with Crippen LogP contribution >= 0.6 is 0 Å². The van der Waals surface area contributed by atoms with E-state index >= 15 is 4.79 Å². The largest absolute Gasteiger partial charge is 0.491 e. The molecule has 0 bridgehead atoms. The minimum absolute atomic E-state index is 0.000533. The number of nitrogens with zero attached hydrogens (tertiary/aromatic N) is 5. The van der Waals surface area contributed by atoms with Crippen molar-refractivity contribution in [3.63, 3.8) is 0 Å². The number of aryl methyl sites for hydroxylation is 1. The number of rotatable bonds is 11. The Balaban J connectivity index is 1.29. The van der Waals surface area contributed by atoms with Crippen molar-refractivity contribution >= 4 is 52.1 Å². The number of nitro groups is 2. The summed E-state index contributed by atoms with van der Waals surface area (Å²) >= 11 is 0. The third-order valence-electron chi connectivity index (χ3n) is 12.1. The van der Waals surface area contributed by atoms with Crippen LogP contribution in [-0.4, -0.2) is 70.9 Å². The lowest BCUT2D eigenvalue weighted by atomic mass is 9.49. The molecule has 2 heterocycles. The van der Waals surface area contributed by atoms with Crippen LogP contribution in [0.3, 0.4) is 0 Å². The maximum Gasteiger partial charge on any atom is 0.301 e. The minimum Gasteiger partial charge on any atom is -0.491 e. The molecule has 4 aliphatic rings. The van der Waals surface area contributed by atoms with Gasteiger partial charge in [0, 0.05) is 32.1 Å². The quantitative estimate of drug-likeness (QED) is 0.0843. The molecular formula is C43H40N6O10. The standard InChI is InChI=1S/C43H40N6O10/c1-24-9-13-27(14-10-24)44-47-40(52)33-23-32-30(37(25-11-15-29(16-12-25)59-20-19-50)43(33,42(47)54)26-7-5-4-6-8-26)17-18-31-36(32)41(53)46(39(31)51)28-21-34(48(55)56)38(45(2)3)35(22-28)49(57)58/h4-17,21-22,31-33,36-37,44,50H,18-20,23H2,1-3H3. The zero-order valence-corrected chi connectivity index (χ0v) is 32.3. The number of carbonyl (C=O) groups is 4. The summed E-state index contributed by atoms with van der Waals surface area (Å²) in [6.45, 7) is 1.77. The minimum atomic E-state index is -1.52. The van der Waals surface area contributed by atoms with E-state index in [1.54, 1.807) is 48.5 Å². The number of anilines is 3. The van der Waals surface area contributed by atoms with E-state index in [-0.39, 0.29) is 37.4 Å². The topological polar surface area (TPSA) is 206 Å². The van der Waals surface area contributed by atoms with E-state index in [1.807, 2.05) is 43.3 Å². The molecule has 0 spiro atoms. The van der Waals surface area contributed by atoms with Crippen LogP contribution in [0.15, 0.2) is 103 Å². The lowest BCUT2D eigenvalue weighted by Crippen LogP contribution is -2.53. The number of hydrazine groups is 1. The molecule has 16 heteroatoms. The van der Waals surface area contributed by atoms with Crippen molar-refractivity contribution in [3.05, 3.63) is 140 Å². The second-order valence-electron chi connectivity index (χ2n) is 15.5. The van der Waals surface area contributed by atoms with Crippen LogP contribution < -0.4 is 20.0 Å². The lowest BCUT2D eigenvalue weighted by Gasteiger charge is -2.50. The first-order valence-electron chi connectivity index (χ1n) is 19.1. The highest BCUT2D eigenvalue weighted by molar-refractivity contribution is 6.23. The summed E-state index contributed by atoms with van der Waals surface area (Å²) in [6.07, 6.45) is 1.93. The Kier molecular flexibility index (Phi) is 9.74. The zero-order chi connectivity index (χ0) is 41.9. The molecule has 8 rings (SSSR count). The summed E-state index contributed by atoms with van der Waals surface area (Å²) in [7, 11) is 2.83. The fourth-order valence-electron chi connectivity index (χ4n) is 9.75. The predicted molar refractivity (Wildman–Crippen MR) is 214 cm³/mol. The number of amides is 4. The van der Waals surface area contributed by atoms with Gasteiger partial charge in [0.15, 0.2) is 5.69 Å². The number of allylic oxidation sites excluding steroid dienone is 2. The van der Waals surface area contributed by atoms with Crippen molar-refractivity contribution in [2.45, 2.75) is 31.1 Å². The Morgan fingerprint density at radius 3 is 2.10 bits per heavy atom. The predicted octanol–water partition coefficient (Wildman–Crippen LogP) is 5.44. The van der Waals surface area contributed by atoms with Crippen molar-refractivity contribution in [1.29, 1.82) is 0 Å². The van der Waals surface area contributed by atoms with Gasteiger partial charge in [-0.2, -0.15) is 5.01 Å². The normalized spacial score (nSPS) is 24.6. The summed E-state index contributed by atoms with van der Waals surface area (Å²) < 4.78 is 5.66. The van der Waals surface area contributed by atoms with Gasteiger partial charge in [-0.15, -0.1) is 0 Å². The molecule has 0 aromatic heterocycles. The van der Waals surface area contributed by atoms with Crippen molar-refractivity contribution in [1.82, 2.24) is 5.01 Å². The van der Waals surface area contributed by atoms with E-state index in [0.717, 1.165) is 27.6 Å². The molecule has 4 amide bonds. The van der Waals surface area contributed by atoms with Gasteiger partial charge < -0.3 is 14.7 Å². The number of carbonyl (C=O) groups excluding carboxylic acids is 4. The number of nitro benzene ring substituents is 2. The van der Waals surface area contributed by atoms with Crippen molar-refractivity contribution < 1.29 is 38.9 Å². The van der Waals surface area contributed by atoms with E-state index in [2.05, 4.69) is 5.43 Å². The number of fused-ring (bicyclic) bond motifs is 4. The van der Waals surface area contributed by atoms with Crippen LogP contribution in [0, 0.1) is 50.8 Å². The maximum atomic E-state index is 15.4. The Bertz CT molecular complexity index is 2400. The van der Waals surface area contributed by atoms with Crippen LogP contribution in [-0.2, 0) is 24.6 Å². The number of nitrogens with one attached hydrogen (secondary N) is 1. The highest BCUT2D eigenvalue weighted by Gasteiger charge is 2.70. The molecule has 4 aromatic carbocycles. The molecule has 1 saturated carbocycles. The van der Waals surface area contributed by atoms with E-state index in [4.69, 9.17) is 4.74 Å². The van der Waals surface area contributed by atoms with E-state index < -0.39 is 79.9 Å². The maximum absolute atomic E-state index is 15.4. The number of hydrogen-bond acceptors (Lipinski definition) is 12. The molecule has 6 atom stereocenters. The number of imide groups is 2. The molecule has 3 fully saturated rings. The molecule has 2 saturated heterocycles. The molecule has 302 valence electrons. The second-order valence-corrected chi connectivity index (χ2v) is 15.5. The summed E-state index contributed by atoms with van der Waals surface area (Å²) in [5.74, 6) is -6.56. The van der Waals surface area contributed by atoms with Crippen LogP contribution in [0.1, 0.15) is 35.4 Å². The zero-order valence-electron chi connectivity index (χ0n) is 32.3. The fraction of sp³-hybridized carbons (Fsp3) is 0.302. The van der Waals surface area contributed by atoms with Crippen LogP contribution in [0.25, 0.3) is 0 Å². The number of hydrogen-bond donors (Lipinski definition) is 2. The van der Waals surface area contributed by atoms with Gasteiger partial charge in [0.2, 0.25) is 11.8 Å². The molecule has 4 aromatic rings. The smallest absolute Gasteiger partial charge is 0.301 e. The van der Waals surface area contributed by atoms with E-state index in [1.165, 1.54) is 19.0 Å². The Morgan fingerprint density at radius 2 is 1.51 bits per heavy atom. The summed E-state index contributed by atoms with van der Waals surface area (Å²) in [5.41, 5.74) is 3.03. The van der Waals surface area contributed by atoms with Crippen LogP contribution in [0.5, 0.6) is 5.75 Å². The lowest BCUT2D eigenvalue weighted by molar-refractivity contribution is -0.392. The Morgan fingerprint density at radius 1 is 0.864 bits per heavy atom. The Labute approximate surface area is 337 Å². The number of aliphatic hydroxyl groups excluding tert-OH is 1. The van der Waals surface area contributed by atoms with Gasteiger partial charge in [-0.1, -0.05) is 71.8 Å². The van der Waals surface area contributed by atoms with Crippen LogP contribution in [0.4, 0.5) is 28.4 Å². The second kappa shape index (κ2) is 14.8. The van der Waals surface area contributed by atoms with E-state index in [0.29, 0.717) is 28.1 Å². The van der Waals surface area contributed by atoms with Gasteiger partial charge in [0.1, 0.15) is 12.4 Å². The highest BCUT2D eigenvalue weighted by atomic mass is 16.6. The monoisotopic (exact) mass is 800 g/mol. The highest BCUT2D eigenvalue weighted by Crippen LogP contribution is 2.64. The first-order valence-corrected chi connectivity index (χ1v) is 19.1. The molecule has 0 radical (unpaired) electrons. The average molecular weight is 801 g/mol. The number of benzene rings is 4. The van der Waals surface area contributed by atoms with Gasteiger partial charge in [0.25, 0.3) is 11.8 Å². The van der Waals surface area contributed by atoms with Crippen molar-refractivity contribution in [2.75, 3.05) is 42.5 Å². The Hall–Kier alpha value is -6.94. The van der Waals surface area contributed by atoms with Gasteiger partial charge >= 0.3 is 11.4 Å². The molecular weight excluding hydrogens is 761 g/mol. The van der Waals surface area contributed by atoms with Gasteiger partial charge in [0.05, 0.1) is 51.0 Å². The molecule has 2 aliphatic heterocycles.